The maximum Gasteiger partial charge on any atom is 0.415 e. The second kappa shape index (κ2) is 11.2. The predicted octanol–water partition coefficient (Wildman–Crippen LogP) is 1.73. The van der Waals surface area contributed by atoms with Gasteiger partial charge in [-0.15, -0.1) is 0 Å². The van der Waals surface area contributed by atoms with Gasteiger partial charge < -0.3 is 20.5 Å². The van der Waals surface area contributed by atoms with Crippen LogP contribution in [0.2, 0.25) is 0 Å². The first-order chi connectivity index (χ1) is 13.5. The van der Waals surface area contributed by atoms with E-state index < -0.39 is 18.1 Å². The molecule has 1 amide bonds. The van der Waals surface area contributed by atoms with Gasteiger partial charge in [0.2, 0.25) is 0 Å². The van der Waals surface area contributed by atoms with Crippen molar-refractivity contribution in [3.05, 3.63) is 34.5 Å². The van der Waals surface area contributed by atoms with Crippen LogP contribution in [0.5, 0.6) is 5.75 Å². The molecule has 5 N–H and O–H groups in total. The Morgan fingerprint density at radius 1 is 1.43 bits per heavy atom. The molecular formula is C19H28FN4O3S+. The summed E-state index contributed by atoms with van der Waals surface area (Å²) in [5.41, 5.74) is 5.99. The largest absolute Gasteiger partial charge is 0.415 e. The molecule has 2 rings (SSSR count). The van der Waals surface area contributed by atoms with Crippen molar-refractivity contribution in [2.75, 3.05) is 26.2 Å². The molecule has 9 heteroatoms. The van der Waals surface area contributed by atoms with E-state index in [2.05, 4.69) is 4.99 Å². The monoisotopic (exact) mass is 411 g/mol. The molecule has 1 aromatic rings. The van der Waals surface area contributed by atoms with Crippen molar-refractivity contribution >= 4 is 29.1 Å². The van der Waals surface area contributed by atoms with Crippen molar-refractivity contribution in [2.24, 2.45) is 10.7 Å². The number of aliphatic hydroxyl groups is 1. The third-order valence-electron chi connectivity index (χ3n) is 4.20. The van der Waals surface area contributed by atoms with Gasteiger partial charge in [-0.3, -0.25) is 5.32 Å². The Kier molecular flexibility index (Phi) is 8.91. The van der Waals surface area contributed by atoms with Crippen LogP contribution in [-0.4, -0.2) is 53.7 Å². The summed E-state index contributed by atoms with van der Waals surface area (Å²) in [6, 6.07) is 3.97. The summed E-state index contributed by atoms with van der Waals surface area (Å²) in [4.78, 5) is 18.5. The molecule has 0 spiro atoms. The molecule has 154 valence electrons. The van der Waals surface area contributed by atoms with Crippen molar-refractivity contribution in [1.82, 2.24) is 4.90 Å². The van der Waals surface area contributed by atoms with E-state index in [9.17, 15) is 14.3 Å². The second-order valence-electron chi connectivity index (χ2n) is 6.20. The molecule has 1 unspecified atom stereocenters. The molecule has 1 heterocycles. The minimum absolute atomic E-state index is 0.109. The van der Waals surface area contributed by atoms with Crippen molar-refractivity contribution in [3.8, 4) is 5.75 Å². The Balaban J connectivity index is 2.12. The van der Waals surface area contributed by atoms with E-state index >= 15 is 0 Å². The number of halogens is 1. The van der Waals surface area contributed by atoms with Gasteiger partial charge in [0.15, 0.2) is 6.23 Å². The molecule has 0 saturated heterocycles. The molecule has 0 aliphatic carbocycles. The third kappa shape index (κ3) is 6.30. The zero-order chi connectivity index (χ0) is 20.5. The number of rotatable bonds is 8. The first kappa shape index (κ1) is 22.4. The van der Waals surface area contributed by atoms with Crippen LogP contribution in [-0.2, 0) is 0 Å². The fraction of sp³-hybridized carbons (Fsp3) is 0.474. The van der Waals surface area contributed by atoms with E-state index in [-0.39, 0.29) is 5.75 Å². The first-order valence-corrected chi connectivity index (χ1v) is 10.2. The molecule has 0 saturated carbocycles. The number of benzene rings is 1. The number of ether oxygens (including phenoxy) is 1. The van der Waals surface area contributed by atoms with Crippen LogP contribution in [0.1, 0.15) is 32.3 Å². The zero-order valence-electron chi connectivity index (χ0n) is 16.2. The number of thioether (sulfide) groups is 1. The third-order valence-corrected chi connectivity index (χ3v) is 5.24. The van der Waals surface area contributed by atoms with Crippen molar-refractivity contribution in [3.63, 3.8) is 0 Å². The zero-order valence-corrected chi connectivity index (χ0v) is 17.0. The normalized spacial score (nSPS) is 17.7. The highest BCUT2D eigenvalue weighted by Gasteiger charge is 2.25. The molecule has 7 nitrogen and oxygen atoms in total. The number of aliphatic hydroxyl groups excluding tert-OH is 1. The van der Waals surface area contributed by atoms with Crippen LogP contribution in [0.15, 0.2) is 28.1 Å². The molecule has 1 aliphatic heterocycles. The summed E-state index contributed by atoms with van der Waals surface area (Å²) in [5.74, 6) is -0.396. The second-order valence-corrected chi connectivity index (χ2v) is 7.29. The molecule has 1 atom stereocenters. The number of carbonyl (C=O) groups excluding carboxylic acids is 1. The van der Waals surface area contributed by atoms with Gasteiger partial charge in [0.1, 0.15) is 11.6 Å². The lowest BCUT2D eigenvalue weighted by molar-refractivity contribution is -0.534. The van der Waals surface area contributed by atoms with Gasteiger partial charge in [0, 0.05) is 29.6 Å². The van der Waals surface area contributed by atoms with Crippen LogP contribution in [0.4, 0.5) is 9.18 Å². The summed E-state index contributed by atoms with van der Waals surface area (Å²) in [5, 5.41) is 12.9. The number of aliphatic imine (C=N–C) groups is 1. The van der Waals surface area contributed by atoms with Gasteiger partial charge in [0.25, 0.3) is 5.17 Å². The molecule has 0 radical (unpaired) electrons. The standard InChI is InChI=1S/C19H27FN4O3S/c1-3-24(4-2)19(26)27-15-12-14(20)8-7-13(15)11-16-17(25)23-18(28-16)22-10-6-5-9-21/h7-8,11-12,17,25H,3-6,9-10,21H2,1-2H3,(H,22,23)/p+1/b16-11+. The highest BCUT2D eigenvalue weighted by Crippen LogP contribution is 2.32. The maximum absolute atomic E-state index is 13.7. The highest BCUT2D eigenvalue weighted by atomic mass is 32.2. The van der Waals surface area contributed by atoms with E-state index in [0.717, 1.165) is 24.6 Å². The minimum atomic E-state index is -0.984. The highest BCUT2D eigenvalue weighted by molar-refractivity contribution is 8.17. The lowest BCUT2D eigenvalue weighted by Gasteiger charge is -2.18. The summed E-state index contributed by atoms with van der Waals surface area (Å²) < 4.78 is 19.1. The van der Waals surface area contributed by atoms with Crippen molar-refractivity contribution in [2.45, 2.75) is 32.9 Å². The van der Waals surface area contributed by atoms with Gasteiger partial charge in [-0.2, -0.15) is 4.99 Å². The molecule has 0 bridgehead atoms. The Bertz CT molecular complexity index is 738. The SMILES string of the molecule is CCN(CC)C(=O)Oc1cc(F)ccc1/C=C1/SC([NH2+]CCCCN)=NC1O. The Morgan fingerprint density at radius 2 is 2.18 bits per heavy atom. The Morgan fingerprint density at radius 3 is 2.86 bits per heavy atom. The van der Waals surface area contributed by atoms with Crippen LogP contribution in [0.25, 0.3) is 6.08 Å². The summed E-state index contributed by atoms with van der Waals surface area (Å²) in [6.45, 7) is 6.16. The Labute approximate surface area is 168 Å². The molecule has 0 fully saturated rings. The van der Waals surface area contributed by atoms with E-state index in [1.165, 1.54) is 34.9 Å². The number of hydrogen-bond acceptors (Lipinski definition) is 6. The quantitative estimate of drug-likeness (QED) is 0.565. The predicted molar refractivity (Wildman–Crippen MR) is 109 cm³/mol. The van der Waals surface area contributed by atoms with Crippen LogP contribution >= 0.6 is 11.8 Å². The summed E-state index contributed by atoms with van der Waals surface area (Å²) in [6.07, 6.45) is 2.05. The molecular weight excluding hydrogens is 383 g/mol. The van der Waals surface area contributed by atoms with Crippen molar-refractivity contribution < 1.29 is 24.3 Å². The topological polar surface area (TPSA) is 105 Å². The number of unbranched alkanes of at least 4 members (excludes halogenated alkanes) is 1. The molecule has 1 aliphatic rings. The van der Waals surface area contributed by atoms with Gasteiger partial charge in [-0.05, 0) is 63.2 Å². The van der Waals surface area contributed by atoms with Gasteiger partial charge in [-0.25, -0.2) is 9.18 Å². The van der Waals surface area contributed by atoms with Crippen LogP contribution < -0.4 is 15.8 Å². The van der Waals surface area contributed by atoms with Gasteiger partial charge >= 0.3 is 6.09 Å². The van der Waals surface area contributed by atoms with E-state index in [4.69, 9.17) is 10.5 Å². The Hall–Kier alpha value is -1.94. The summed E-state index contributed by atoms with van der Waals surface area (Å²) in [7, 11) is 0. The number of amidine groups is 1. The number of nitrogens with two attached hydrogens (primary N) is 2. The van der Waals surface area contributed by atoms with Crippen LogP contribution in [0.3, 0.4) is 0 Å². The fourth-order valence-electron chi connectivity index (χ4n) is 2.61. The maximum atomic E-state index is 13.7. The average molecular weight is 412 g/mol. The van der Waals surface area contributed by atoms with E-state index in [1.54, 1.807) is 6.08 Å². The molecule has 0 aromatic heterocycles. The number of amides is 1. The smallest absolute Gasteiger partial charge is 0.409 e. The number of nitrogens with zero attached hydrogens (tertiary/aromatic N) is 2. The lowest BCUT2D eigenvalue weighted by atomic mass is 10.1. The number of hydrogen-bond donors (Lipinski definition) is 3. The van der Waals surface area contributed by atoms with Crippen LogP contribution in [0, 0.1) is 5.82 Å². The number of quaternary nitrogens is 1. The summed E-state index contributed by atoms with van der Waals surface area (Å²) >= 11 is 1.35. The minimum Gasteiger partial charge on any atom is -0.409 e. The molecule has 28 heavy (non-hydrogen) atoms. The van der Waals surface area contributed by atoms with Gasteiger partial charge in [0.05, 0.1) is 6.54 Å². The van der Waals surface area contributed by atoms with E-state index in [1.807, 2.05) is 19.2 Å². The first-order valence-electron chi connectivity index (χ1n) is 9.43. The molecule has 1 aromatic carbocycles. The average Bonchev–Trinajstić information content (AvgIpc) is 3.01. The van der Waals surface area contributed by atoms with Crippen molar-refractivity contribution in [1.29, 1.82) is 0 Å². The van der Waals surface area contributed by atoms with Gasteiger partial charge in [-0.1, -0.05) is 0 Å². The fourth-order valence-corrected chi connectivity index (χ4v) is 3.55. The van der Waals surface area contributed by atoms with E-state index in [0.29, 0.717) is 30.1 Å². The number of carbonyl (C=O) groups is 1. The lowest BCUT2D eigenvalue weighted by Crippen LogP contribution is -2.86.